The van der Waals surface area contributed by atoms with Gasteiger partial charge in [0.25, 0.3) is 0 Å². The van der Waals surface area contributed by atoms with Crippen molar-refractivity contribution in [2.45, 2.75) is 5.62 Å². The molecule has 0 radical (unpaired) electrons. The van der Waals surface area contributed by atoms with Gasteiger partial charge in [0.05, 0.1) is 0 Å². The number of nitrogens with zero attached hydrogens (tertiary/aromatic N) is 1. The van der Waals surface area contributed by atoms with Crippen molar-refractivity contribution in [3.05, 3.63) is 66.2 Å². The van der Waals surface area contributed by atoms with E-state index in [0.29, 0.717) is 5.84 Å². The van der Waals surface area contributed by atoms with Gasteiger partial charge in [-0.2, -0.15) is 0 Å². The molecule has 0 aromatic heterocycles. The summed E-state index contributed by atoms with van der Waals surface area (Å²) < 4.78 is 0. The molecule has 92 valence electrons. The van der Waals surface area contributed by atoms with E-state index in [1.165, 1.54) is 0 Å². The molecular weight excluding hydrogens is 246 g/mol. The molecule has 0 aliphatic rings. The van der Waals surface area contributed by atoms with Crippen LogP contribution in [0, 0.1) is 0 Å². The van der Waals surface area contributed by atoms with E-state index in [1.54, 1.807) is 0 Å². The third kappa shape index (κ3) is 3.50. The van der Waals surface area contributed by atoms with Crippen LogP contribution < -0.4 is 11.1 Å². The summed E-state index contributed by atoms with van der Waals surface area (Å²) in [6, 6.07) is 19.2. The van der Waals surface area contributed by atoms with Crippen LogP contribution in [0.1, 0.15) is 5.56 Å². The number of nitrogens with two attached hydrogens (primary N) is 1. The first-order valence-corrected chi connectivity index (χ1v) is 6.04. The Morgan fingerprint density at radius 2 is 1.56 bits per heavy atom. The van der Waals surface area contributed by atoms with Gasteiger partial charge in [-0.1, -0.05) is 60.1 Å². The van der Waals surface area contributed by atoms with Crippen molar-refractivity contribution in [1.82, 2.24) is 0 Å². The number of para-hydroxylation sites is 1. The van der Waals surface area contributed by atoms with E-state index in [2.05, 4.69) is 10.3 Å². The number of nitrogens with one attached hydrogen (secondary N) is 1. The lowest BCUT2D eigenvalue weighted by Crippen LogP contribution is -2.19. The van der Waals surface area contributed by atoms with Gasteiger partial charge in [-0.25, -0.2) is 4.99 Å². The highest BCUT2D eigenvalue weighted by atomic mass is 35.5. The highest BCUT2D eigenvalue weighted by Gasteiger charge is 2.03. The smallest absolute Gasteiger partial charge is 0.197 e. The van der Waals surface area contributed by atoms with Gasteiger partial charge in [-0.05, 0) is 12.1 Å². The molecule has 2 aromatic carbocycles. The molecule has 0 heterocycles. The third-order valence-electron chi connectivity index (χ3n) is 2.38. The third-order valence-corrected chi connectivity index (χ3v) is 2.59. The Bertz CT molecular complexity index is 511. The summed E-state index contributed by atoms with van der Waals surface area (Å²) in [5, 5.41) is 3.04. The lowest BCUT2D eigenvalue weighted by molar-refractivity contribution is 1.04. The summed E-state index contributed by atoms with van der Waals surface area (Å²) in [5.41, 5.74) is 7.05. The van der Waals surface area contributed by atoms with Crippen molar-refractivity contribution < 1.29 is 0 Å². The maximum absolute atomic E-state index is 6.08. The molecule has 18 heavy (non-hydrogen) atoms. The van der Waals surface area contributed by atoms with Crippen LogP contribution in [0.5, 0.6) is 0 Å². The number of alkyl halides is 1. The van der Waals surface area contributed by atoms with Gasteiger partial charge in [-0.3, -0.25) is 0 Å². The average molecular weight is 260 g/mol. The molecule has 1 unspecified atom stereocenters. The normalized spacial score (nSPS) is 13.1. The van der Waals surface area contributed by atoms with E-state index in [4.69, 9.17) is 17.3 Å². The average Bonchev–Trinajstić information content (AvgIpc) is 2.40. The Labute approximate surface area is 111 Å². The maximum atomic E-state index is 6.08. The van der Waals surface area contributed by atoms with Gasteiger partial charge >= 0.3 is 0 Å². The number of aliphatic imine (C=N–C) groups is 1. The second-order valence-corrected chi connectivity index (χ2v) is 4.14. The van der Waals surface area contributed by atoms with Crippen LogP contribution >= 0.6 is 11.6 Å². The fraction of sp³-hybridized carbons (Fsp3) is 0.0714. The van der Waals surface area contributed by atoms with E-state index >= 15 is 0 Å². The standard InChI is InChI=1S/C14H14ClN3/c15-14(17-12-9-5-2-6-10-12)18-13(16)11-7-3-1-4-8-11/h1-10,14,17H,(H2,16,18). The molecule has 3 nitrogen and oxygen atoms in total. The predicted octanol–water partition coefficient (Wildman–Crippen LogP) is 3.03. The van der Waals surface area contributed by atoms with Crippen LogP contribution in [0.4, 0.5) is 5.69 Å². The number of halogens is 1. The molecule has 0 aliphatic carbocycles. The van der Waals surface area contributed by atoms with Crippen LogP contribution in [0.2, 0.25) is 0 Å². The zero-order chi connectivity index (χ0) is 12.8. The molecule has 2 aromatic rings. The summed E-state index contributed by atoms with van der Waals surface area (Å²) >= 11 is 6.08. The van der Waals surface area contributed by atoms with Crippen LogP contribution in [-0.4, -0.2) is 11.5 Å². The maximum Gasteiger partial charge on any atom is 0.197 e. The van der Waals surface area contributed by atoms with Crippen molar-refractivity contribution in [2.75, 3.05) is 5.32 Å². The Hall–Kier alpha value is -2.00. The monoisotopic (exact) mass is 259 g/mol. The molecular formula is C14H14ClN3. The first-order chi connectivity index (χ1) is 8.75. The lowest BCUT2D eigenvalue weighted by Gasteiger charge is -2.10. The zero-order valence-electron chi connectivity index (χ0n) is 9.75. The quantitative estimate of drug-likeness (QED) is 0.384. The molecule has 0 aliphatic heterocycles. The minimum Gasteiger partial charge on any atom is -0.383 e. The van der Waals surface area contributed by atoms with Gasteiger partial charge in [0.2, 0.25) is 0 Å². The number of hydrogen-bond acceptors (Lipinski definition) is 2. The Balaban J connectivity index is 2.04. The number of amidine groups is 1. The molecule has 2 rings (SSSR count). The Kier molecular flexibility index (Phi) is 4.20. The summed E-state index contributed by atoms with van der Waals surface area (Å²) in [7, 11) is 0. The van der Waals surface area contributed by atoms with Gasteiger partial charge in [0.15, 0.2) is 5.62 Å². The number of rotatable bonds is 4. The SMILES string of the molecule is NC(=NC(Cl)Nc1ccccc1)c1ccccc1. The first kappa shape index (κ1) is 12.5. The second-order valence-electron chi connectivity index (χ2n) is 3.73. The van der Waals surface area contributed by atoms with E-state index < -0.39 is 5.62 Å². The van der Waals surface area contributed by atoms with Gasteiger partial charge in [0, 0.05) is 11.3 Å². The summed E-state index contributed by atoms with van der Waals surface area (Å²) in [4.78, 5) is 4.19. The van der Waals surface area contributed by atoms with Crippen molar-refractivity contribution in [1.29, 1.82) is 0 Å². The van der Waals surface area contributed by atoms with Crippen molar-refractivity contribution in [3.8, 4) is 0 Å². The first-order valence-electron chi connectivity index (χ1n) is 5.60. The lowest BCUT2D eigenvalue weighted by atomic mass is 10.2. The molecule has 0 amide bonds. The predicted molar refractivity (Wildman–Crippen MR) is 76.9 cm³/mol. The number of hydrogen-bond donors (Lipinski definition) is 2. The Morgan fingerprint density at radius 3 is 2.17 bits per heavy atom. The highest BCUT2D eigenvalue weighted by molar-refractivity contribution is 6.22. The number of benzene rings is 2. The second kappa shape index (κ2) is 6.07. The molecule has 4 heteroatoms. The van der Waals surface area contributed by atoms with Gasteiger partial charge in [0.1, 0.15) is 5.84 Å². The topological polar surface area (TPSA) is 50.4 Å². The fourth-order valence-corrected chi connectivity index (χ4v) is 1.74. The van der Waals surface area contributed by atoms with Crippen LogP contribution in [0.15, 0.2) is 65.7 Å². The molecule has 0 saturated carbocycles. The highest BCUT2D eigenvalue weighted by Crippen LogP contribution is 2.10. The molecule has 0 bridgehead atoms. The van der Waals surface area contributed by atoms with Crippen molar-refractivity contribution in [2.24, 2.45) is 10.7 Å². The van der Waals surface area contributed by atoms with Crippen molar-refractivity contribution >= 4 is 23.1 Å². The van der Waals surface area contributed by atoms with E-state index in [1.807, 2.05) is 60.7 Å². The summed E-state index contributed by atoms with van der Waals surface area (Å²) in [6.07, 6.45) is 0. The van der Waals surface area contributed by atoms with Crippen LogP contribution in [-0.2, 0) is 0 Å². The minimum atomic E-state index is -0.590. The number of anilines is 1. The summed E-state index contributed by atoms with van der Waals surface area (Å²) in [5.74, 6) is 0.416. The van der Waals surface area contributed by atoms with Gasteiger partial charge in [-0.15, -0.1) is 0 Å². The molecule has 0 saturated heterocycles. The molecule has 3 N–H and O–H groups in total. The van der Waals surface area contributed by atoms with Gasteiger partial charge < -0.3 is 11.1 Å². The largest absolute Gasteiger partial charge is 0.383 e. The van der Waals surface area contributed by atoms with Crippen molar-refractivity contribution in [3.63, 3.8) is 0 Å². The van der Waals surface area contributed by atoms with E-state index in [-0.39, 0.29) is 0 Å². The van der Waals surface area contributed by atoms with Crippen LogP contribution in [0.3, 0.4) is 0 Å². The molecule has 0 spiro atoms. The van der Waals surface area contributed by atoms with E-state index in [0.717, 1.165) is 11.3 Å². The Morgan fingerprint density at radius 1 is 1.00 bits per heavy atom. The minimum absolute atomic E-state index is 0.416. The molecule has 1 atom stereocenters. The summed E-state index contributed by atoms with van der Waals surface area (Å²) in [6.45, 7) is 0. The molecule has 0 fully saturated rings. The zero-order valence-corrected chi connectivity index (χ0v) is 10.5. The van der Waals surface area contributed by atoms with E-state index in [9.17, 15) is 0 Å². The van der Waals surface area contributed by atoms with Crippen LogP contribution in [0.25, 0.3) is 0 Å². The fourth-order valence-electron chi connectivity index (χ4n) is 1.51.